The second-order valence-electron chi connectivity index (χ2n) is 5.17. The van der Waals surface area contributed by atoms with Crippen molar-refractivity contribution in [3.63, 3.8) is 0 Å². The Morgan fingerprint density at radius 1 is 0.955 bits per heavy atom. The van der Waals surface area contributed by atoms with Gasteiger partial charge in [-0.2, -0.15) is 4.57 Å². The van der Waals surface area contributed by atoms with Crippen LogP contribution in [0.5, 0.6) is 0 Å². The first-order chi connectivity index (χ1) is 10.8. The first-order valence-electron chi connectivity index (χ1n) is 7.27. The molecule has 1 aromatic heterocycles. The molecule has 0 aliphatic heterocycles. The first-order valence-corrected chi connectivity index (χ1v) is 7.27. The van der Waals surface area contributed by atoms with Crippen molar-refractivity contribution < 1.29 is 9.36 Å². The van der Waals surface area contributed by atoms with Crippen LogP contribution < -0.4 is 4.57 Å². The molecule has 0 fully saturated rings. The van der Waals surface area contributed by atoms with Crippen LogP contribution in [0.1, 0.15) is 21.6 Å². The summed E-state index contributed by atoms with van der Waals surface area (Å²) in [6, 6.07) is 19.5. The summed E-state index contributed by atoms with van der Waals surface area (Å²) < 4.78 is 1.89. The molecule has 0 amide bonds. The molecule has 0 radical (unpaired) electrons. The van der Waals surface area contributed by atoms with Gasteiger partial charge in [0.1, 0.15) is 5.69 Å². The third-order valence-corrected chi connectivity index (χ3v) is 3.46. The van der Waals surface area contributed by atoms with Crippen LogP contribution in [0.2, 0.25) is 0 Å². The van der Waals surface area contributed by atoms with Gasteiger partial charge in [0.15, 0.2) is 12.4 Å². The highest BCUT2D eigenvalue weighted by molar-refractivity contribution is 5.94. The maximum Gasteiger partial charge on any atom is 0.227 e. The van der Waals surface area contributed by atoms with Gasteiger partial charge in [-0.05, 0) is 5.56 Å². The predicted octanol–water partition coefficient (Wildman–Crippen LogP) is 2.84. The number of ketones is 1. The van der Waals surface area contributed by atoms with Crippen LogP contribution in [0.15, 0.2) is 79.3 Å². The Kier molecular flexibility index (Phi) is 4.35. The Hall–Kier alpha value is -2.81. The average molecular weight is 289 g/mol. The number of nitrogens with zero attached hydrogens (tertiary/aromatic N) is 2. The zero-order valence-electron chi connectivity index (χ0n) is 12.2. The van der Waals surface area contributed by atoms with Crippen molar-refractivity contribution in [3.05, 3.63) is 96.1 Å². The Morgan fingerprint density at radius 2 is 1.64 bits per heavy atom. The van der Waals surface area contributed by atoms with Crippen molar-refractivity contribution in [3.8, 4) is 0 Å². The van der Waals surface area contributed by atoms with Crippen LogP contribution in [-0.4, -0.2) is 10.8 Å². The highest BCUT2D eigenvalue weighted by Gasteiger charge is 2.12. The van der Waals surface area contributed by atoms with Gasteiger partial charge in [0, 0.05) is 12.0 Å². The van der Waals surface area contributed by atoms with E-state index >= 15 is 0 Å². The van der Waals surface area contributed by atoms with Crippen LogP contribution in [0.4, 0.5) is 0 Å². The van der Waals surface area contributed by atoms with Crippen LogP contribution in [-0.2, 0) is 13.0 Å². The number of benzene rings is 2. The fourth-order valence-corrected chi connectivity index (χ4v) is 2.36. The molecule has 0 atom stereocenters. The highest BCUT2D eigenvalue weighted by atomic mass is 16.1. The number of hydrogen-bond donors (Lipinski definition) is 0. The van der Waals surface area contributed by atoms with Gasteiger partial charge >= 0.3 is 0 Å². The van der Waals surface area contributed by atoms with Crippen LogP contribution in [0, 0.1) is 0 Å². The molecule has 0 unspecified atom stereocenters. The standard InChI is InChI=1S/C19H17N2O/c22-19(17-9-5-2-6-10-17)15-21-12-11-20-18(14-21)13-16-7-3-1-4-8-16/h1-12,14H,13,15H2/q+1. The maximum absolute atomic E-state index is 12.2. The van der Waals surface area contributed by atoms with E-state index in [0.717, 1.165) is 17.7 Å². The topological polar surface area (TPSA) is 33.8 Å². The Morgan fingerprint density at radius 3 is 2.36 bits per heavy atom. The quantitative estimate of drug-likeness (QED) is 0.534. The molecule has 3 aromatic rings. The normalized spacial score (nSPS) is 10.4. The van der Waals surface area contributed by atoms with E-state index in [4.69, 9.17) is 0 Å². The minimum Gasteiger partial charge on any atom is -0.287 e. The zero-order chi connectivity index (χ0) is 15.2. The second-order valence-corrected chi connectivity index (χ2v) is 5.17. The van der Waals surface area contributed by atoms with E-state index in [1.165, 1.54) is 5.56 Å². The van der Waals surface area contributed by atoms with Gasteiger partial charge in [0.25, 0.3) is 0 Å². The number of rotatable bonds is 5. The summed E-state index contributed by atoms with van der Waals surface area (Å²) in [6.07, 6.45) is 6.28. The van der Waals surface area contributed by atoms with E-state index in [0.29, 0.717) is 6.54 Å². The van der Waals surface area contributed by atoms with E-state index < -0.39 is 0 Å². The van der Waals surface area contributed by atoms with Gasteiger partial charge in [-0.1, -0.05) is 60.7 Å². The monoisotopic (exact) mass is 289 g/mol. The third kappa shape index (κ3) is 3.64. The van der Waals surface area contributed by atoms with Crippen molar-refractivity contribution >= 4 is 5.78 Å². The molecule has 0 aliphatic rings. The van der Waals surface area contributed by atoms with Crippen molar-refractivity contribution in [1.29, 1.82) is 0 Å². The molecule has 0 N–H and O–H groups in total. The van der Waals surface area contributed by atoms with Gasteiger partial charge in [0.2, 0.25) is 12.3 Å². The number of hydrogen-bond acceptors (Lipinski definition) is 2. The Labute approximate surface area is 129 Å². The van der Waals surface area contributed by atoms with Crippen molar-refractivity contribution in [2.24, 2.45) is 0 Å². The van der Waals surface area contributed by atoms with Crippen LogP contribution in [0.3, 0.4) is 0 Å². The van der Waals surface area contributed by atoms with Crippen LogP contribution >= 0.6 is 0 Å². The average Bonchev–Trinajstić information content (AvgIpc) is 2.57. The van der Waals surface area contributed by atoms with Crippen molar-refractivity contribution in [2.75, 3.05) is 0 Å². The lowest BCUT2D eigenvalue weighted by Gasteiger charge is -2.01. The molecule has 0 saturated carbocycles. The van der Waals surface area contributed by atoms with E-state index in [1.807, 2.05) is 65.5 Å². The summed E-state index contributed by atoms with van der Waals surface area (Å²) in [5.74, 6) is 0.0995. The van der Waals surface area contributed by atoms with Crippen molar-refractivity contribution in [1.82, 2.24) is 4.98 Å². The Bertz CT molecular complexity index is 755. The molecule has 3 rings (SSSR count). The molecule has 2 aromatic carbocycles. The molecule has 22 heavy (non-hydrogen) atoms. The summed E-state index contributed by atoms with van der Waals surface area (Å²) in [7, 11) is 0. The molecule has 1 heterocycles. The fourth-order valence-electron chi connectivity index (χ4n) is 2.36. The van der Waals surface area contributed by atoms with Gasteiger partial charge < -0.3 is 0 Å². The van der Waals surface area contributed by atoms with Crippen molar-refractivity contribution in [2.45, 2.75) is 13.0 Å². The number of carbonyl (C=O) groups excluding carboxylic acids is 1. The largest absolute Gasteiger partial charge is 0.287 e. The molecular formula is C19H17N2O+. The van der Waals surface area contributed by atoms with Gasteiger partial charge in [0.05, 0.1) is 6.20 Å². The van der Waals surface area contributed by atoms with Gasteiger partial charge in [-0.15, -0.1) is 0 Å². The number of aromatic nitrogens is 2. The lowest BCUT2D eigenvalue weighted by molar-refractivity contribution is -0.684. The fraction of sp³-hybridized carbons (Fsp3) is 0.105. The molecule has 108 valence electrons. The molecule has 0 bridgehead atoms. The third-order valence-electron chi connectivity index (χ3n) is 3.46. The highest BCUT2D eigenvalue weighted by Crippen LogP contribution is 2.05. The summed E-state index contributed by atoms with van der Waals surface area (Å²) in [5, 5.41) is 0. The lowest BCUT2D eigenvalue weighted by atomic mass is 10.1. The first kappa shape index (κ1) is 14.1. The molecule has 0 aliphatic carbocycles. The number of carbonyl (C=O) groups is 1. The van der Waals surface area contributed by atoms with E-state index in [-0.39, 0.29) is 5.78 Å². The van der Waals surface area contributed by atoms with Gasteiger partial charge in [-0.25, -0.2) is 4.98 Å². The van der Waals surface area contributed by atoms with E-state index in [9.17, 15) is 4.79 Å². The summed E-state index contributed by atoms with van der Waals surface area (Å²) >= 11 is 0. The number of Topliss-reactive ketones (excluding diaryl/α,β-unsaturated/α-hetero) is 1. The van der Waals surface area contributed by atoms with E-state index in [2.05, 4.69) is 17.1 Å². The summed E-state index contributed by atoms with van der Waals surface area (Å²) in [4.78, 5) is 16.6. The Balaban J connectivity index is 1.73. The predicted molar refractivity (Wildman–Crippen MR) is 84.5 cm³/mol. The summed E-state index contributed by atoms with van der Waals surface area (Å²) in [5.41, 5.74) is 2.90. The maximum atomic E-state index is 12.2. The minimum atomic E-state index is 0.0995. The molecule has 3 heteroatoms. The van der Waals surface area contributed by atoms with Gasteiger partial charge in [-0.3, -0.25) is 4.79 Å². The minimum absolute atomic E-state index is 0.0995. The molecular weight excluding hydrogens is 272 g/mol. The molecule has 0 spiro atoms. The smallest absolute Gasteiger partial charge is 0.227 e. The van der Waals surface area contributed by atoms with Crippen LogP contribution in [0.25, 0.3) is 0 Å². The summed E-state index contributed by atoms with van der Waals surface area (Å²) in [6.45, 7) is 0.328. The lowest BCUT2D eigenvalue weighted by Crippen LogP contribution is -2.38. The second kappa shape index (κ2) is 6.76. The molecule has 0 saturated heterocycles. The zero-order valence-corrected chi connectivity index (χ0v) is 12.2. The van der Waals surface area contributed by atoms with E-state index in [1.54, 1.807) is 6.20 Å². The SMILES string of the molecule is O=C(C[n+]1ccnc(Cc2ccccc2)c1)c1ccccc1. The molecule has 3 nitrogen and oxygen atoms in total.